The summed E-state index contributed by atoms with van der Waals surface area (Å²) in [5.74, 6) is 0.0757. The molecule has 0 aliphatic rings. The first-order chi connectivity index (χ1) is 14.4. The van der Waals surface area contributed by atoms with Crippen LogP contribution in [0.15, 0.2) is 42.6 Å². The number of halogens is 1. The predicted octanol–water partition coefficient (Wildman–Crippen LogP) is 2.00. The molecule has 0 saturated heterocycles. The highest BCUT2D eigenvalue weighted by Crippen LogP contribution is 2.28. The Morgan fingerprint density at radius 3 is 2.73 bits per heavy atom. The molecule has 3 rings (SSSR count). The van der Waals surface area contributed by atoms with E-state index in [1.54, 1.807) is 12.1 Å². The molecular weight excluding hydrogens is 412 g/mol. The van der Waals surface area contributed by atoms with Gasteiger partial charge in [-0.15, -0.1) is 0 Å². The Hall–Kier alpha value is -3.81. The molecule has 0 bridgehead atoms. The molecular formula is C19H17ClN6O4. The van der Waals surface area contributed by atoms with E-state index in [-0.39, 0.29) is 28.1 Å². The molecule has 2 aromatic carbocycles. The number of nitrogens with zero attached hydrogens (tertiary/aromatic N) is 3. The maximum atomic E-state index is 12.5. The molecule has 154 valence electrons. The number of aromatic nitrogens is 2. The highest BCUT2D eigenvalue weighted by molar-refractivity contribution is 6.31. The number of ether oxygens (including phenoxy) is 1. The minimum atomic E-state index is -0.779. The molecule has 30 heavy (non-hydrogen) atoms. The molecule has 10 nitrogen and oxygen atoms in total. The Kier molecular flexibility index (Phi) is 6.36. The van der Waals surface area contributed by atoms with Gasteiger partial charge in [0, 0.05) is 11.1 Å². The van der Waals surface area contributed by atoms with E-state index in [9.17, 15) is 15.2 Å². The standard InChI is InChI=1S/C19H17ClN6O4/c20-13-3-5-17(30-7-1-6-21)14(9-13)23-19(27)24-18-11-25(28)16-8-12(10-22)2-4-15(16)26(18)29/h2-5,8-9,11H,1,6-7,21H2,(H2,23,24,27). The summed E-state index contributed by atoms with van der Waals surface area (Å²) < 4.78 is 6.37. The summed E-state index contributed by atoms with van der Waals surface area (Å²) in [4.78, 5) is 12.4. The Morgan fingerprint density at radius 2 is 2.00 bits per heavy atom. The fraction of sp³-hybridized carbons (Fsp3) is 0.158. The van der Waals surface area contributed by atoms with Crippen molar-refractivity contribution in [3.63, 3.8) is 0 Å². The molecule has 3 aromatic rings. The van der Waals surface area contributed by atoms with Gasteiger partial charge >= 0.3 is 11.8 Å². The van der Waals surface area contributed by atoms with Gasteiger partial charge in [-0.05, 0) is 43.3 Å². The molecule has 0 aliphatic heterocycles. The van der Waals surface area contributed by atoms with Crippen LogP contribution >= 0.6 is 11.6 Å². The molecule has 2 amide bonds. The average molecular weight is 429 g/mol. The zero-order valence-electron chi connectivity index (χ0n) is 15.6. The molecule has 0 fully saturated rings. The van der Waals surface area contributed by atoms with E-state index in [4.69, 9.17) is 27.3 Å². The molecule has 0 unspecified atom stereocenters. The van der Waals surface area contributed by atoms with E-state index in [0.717, 1.165) is 6.20 Å². The zero-order chi connectivity index (χ0) is 21.7. The fourth-order valence-electron chi connectivity index (χ4n) is 2.65. The number of carbonyl (C=O) groups excluding carboxylic acids is 1. The Bertz CT molecular complexity index is 1150. The molecule has 11 heteroatoms. The van der Waals surface area contributed by atoms with Crippen LogP contribution in [0.1, 0.15) is 12.0 Å². The maximum Gasteiger partial charge on any atom is 0.411 e. The second kappa shape index (κ2) is 9.13. The van der Waals surface area contributed by atoms with E-state index in [2.05, 4.69) is 10.6 Å². The van der Waals surface area contributed by atoms with Crippen LogP contribution in [-0.2, 0) is 0 Å². The van der Waals surface area contributed by atoms with E-state index in [1.807, 2.05) is 6.07 Å². The van der Waals surface area contributed by atoms with Gasteiger partial charge in [0.05, 0.1) is 23.9 Å². The first kappa shape index (κ1) is 20.9. The van der Waals surface area contributed by atoms with Crippen molar-refractivity contribution in [2.75, 3.05) is 23.8 Å². The Morgan fingerprint density at radius 1 is 1.20 bits per heavy atom. The number of nitrogens with two attached hydrogens (primary N) is 1. The lowest BCUT2D eigenvalue weighted by atomic mass is 10.2. The highest BCUT2D eigenvalue weighted by Gasteiger charge is 2.21. The number of hydrogen-bond donors (Lipinski definition) is 3. The maximum absolute atomic E-state index is 12.5. The lowest BCUT2D eigenvalue weighted by molar-refractivity contribution is -0.618. The first-order valence-corrected chi connectivity index (χ1v) is 9.20. The monoisotopic (exact) mass is 428 g/mol. The largest absolute Gasteiger partial charge is 0.710 e. The molecule has 0 spiro atoms. The number of amides is 2. The minimum Gasteiger partial charge on any atom is -0.710 e. The molecule has 0 saturated carbocycles. The smallest absolute Gasteiger partial charge is 0.411 e. The number of fused-ring (bicyclic) bond motifs is 1. The molecule has 0 atom stereocenters. The van der Waals surface area contributed by atoms with E-state index >= 15 is 0 Å². The minimum absolute atomic E-state index is 0.000407. The number of benzene rings is 2. The normalized spacial score (nSPS) is 10.4. The van der Waals surface area contributed by atoms with Crippen molar-refractivity contribution in [3.8, 4) is 11.8 Å². The number of nitriles is 1. The summed E-state index contributed by atoms with van der Waals surface area (Å²) in [5.41, 5.74) is 5.96. The van der Waals surface area contributed by atoms with E-state index < -0.39 is 6.03 Å². The quantitative estimate of drug-likeness (QED) is 0.310. The van der Waals surface area contributed by atoms with Crippen LogP contribution in [0.3, 0.4) is 0 Å². The van der Waals surface area contributed by atoms with Gasteiger partial charge in [0.1, 0.15) is 5.75 Å². The van der Waals surface area contributed by atoms with Crippen molar-refractivity contribution < 1.29 is 19.0 Å². The molecule has 1 heterocycles. The highest BCUT2D eigenvalue weighted by atomic mass is 35.5. The van der Waals surface area contributed by atoms with Crippen LogP contribution in [0.25, 0.3) is 11.0 Å². The van der Waals surface area contributed by atoms with Crippen LogP contribution in [0.2, 0.25) is 5.02 Å². The van der Waals surface area contributed by atoms with Gasteiger partial charge in [-0.2, -0.15) is 15.3 Å². The first-order valence-electron chi connectivity index (χ1n) is 8.83. The molecule has 0 aliphatic carbocycles. The van der Waals surface area contributed by atoms with Crippen molar-refractivity contribution in [2.24, 2.45) is 5.73 Å². The molecule has 4 N–H and O–H groups in total. The van der Waals surface area contributed by atoms with Crippen LogP contribution in [0, 0.1) is 21.7 Å². The third-order valence-electron chi connectivity index (χ3n) is 4.06. The van der Waals surface area contributed by atoms with Gasteiger partial charge in [-0.1, -0.05) is 11.6 Å². The number of nitrogens with one attached hydrogen (secondary N) is 2. The third kappa shape index (κ3) is 4.60. The van der Waals surface area contributed by atoms with Gasteiger partial charge in [0.25, 0.3) is 11.7 Å². The second-order valence-corrected chi connectivity index (χ2v) is 6.60. The summed E-state index contributed by atoms with van der Waals surface area (Å²) in [7, 11) is 0. The number of hydrogen-bond acceptors (Lipinski definition) is 6. The van der Waals surface area contributed by atoms with Crippen molar-refractivity contribution >= 4 is 40.2 Å². The van der Waals surface area contributed by atoms with Crippen LogP contribution in [0.4, 0.5) is 16.3 Å². The number of carbonyl (C=O) groups is 1. The van der Waals surface area contributed by atoms with Crippen molar-refractivity contribution in [1.29, 1.82) is 5.26 Å². The molecule has 0 radical (unpaired) electrons. The van der Waals surface area contributed by atoms with Gasteiger partial charge in [0.2, 0.25) is 5.52 Å². The summed E-state index contributed by atoms with van der Waals surface area (Å²) in [6, 6.07) is 9.82. The van der Waals surface area contributed by atoms with Crippen LogP contribution in [-0.4, -0.2) is 19.2 Å². The summed E-state index contributed by atoms with van der Waals surface area (Å²) in [6.45, 7) is 0.799. The van der Waals surface area contributed by atoms with Gasteiger partial charge < -0.3 is 20.9 Å². The predicted molar refractivity (Wildman–Crippen MR) is 110 cm³/mol. The molecule has 1 aromatic heterocycles. The van der Waals surface area contributed by atoms with Crippen molar-refractivity contribution in [2.45, 2.75) is 6.42 Å². The van der Waals surface area contributed by atoms with Crippen LogP contribution < -0.4 is 30.6 Å². The Balaban J connectivity index is 1.83. The lowest BCUT2D eigenvalue weighted by Crippen LogP contribution is -2.42. The van der Waals surface area contributed by atoms with Gasteiger partial charge in [-0.25, -0.2) is 9.52 Å². The third-order valence-corrected chi connectivity index (χ3v) is 4.29. The van der Waals surface area contributed by atoms with Crippen molar-refractivity contribution in [3.05, 3.63) is 63.6 Å². The van der Waals surface area contributed by atoms with Crippen molar-refractivity contribution in [1.82, 2.24) is 0 Å². The Labute approximate surface area is 176 Å². The number of urea groups is 1. The van der Waals surface area contributed by atoms with Crippen LogP contribution in [0.5, 0.6) is 5.75 Å². The van der Waals surface area contributed by atoms with Gasteiger partial charge in [-0.3, -0.25) is 5.32 Å². The lowest BCUT2D eigenvalue weighted by Gasteiger charge is -2.13. The SMILES string of the molecule is N#Cc1ccc2c(c1)[n+]([O-])cc(NC(=O)Nc1cc(Cl)ccc1OCCCN)[n+]2[O-]. The topological polar surface area (TPSA) is 154 Å². The summed E-state index contributed by atoms with van der Waals surface area (Å²) >= 11 is 5.99. The van der Waals surface area contributed by atoms with Gasteiger partial charge in [0.15, 0.2) is 0 Å². The average Bonchev–Trinajstić information content (AvgIpc) is 2.73. The summed E-state index contributed by atoms with van der Waals surface area (Å²) in [5, 5.41) is 39.0. The second-order valence-electron chi connectivity index (χ2n) is 6.16. The van der Waals surface area contributed by atoms with E-state index in [0.29, 0.717) is 39.8 Å². The number of rotatable bonds is 6. The fourth-order valence-corrected chi connectivity index (χ4v) is 2.82. The zero-order valence-corrected chi connectivity index (χ0v) is 16.3. The summed E-state index contributed by atoms with van der Waals surface area (Å²) in [6.07, 6.45) is 1.53. The number of anilines is 2. The van der Waals surface area contributed by atoms with E-state index in [1.165, 1.54) is 24.3 Å².